The van der Waals surface area contributed by atoms with E-state index in [4.69, 9.17) is 18.9 Å². The molecule has 0 unspecified atom stereocenters. The number of aliphatic carboxylic acids is 1. The fourth-order valence-corrected chi connectivity index (χ4v) is 4.16. The summed E-state index contributed by atoms with van der Waals surface area (Å²) in [6.07, 6.45) is -2.74. The molecule has 0 radical (unpaired) electrons. The lowest BCUT2D eigenvalue weighted by atomic mass is 10.0. The van der Waals surface area contributed by atoms with Gasteiger partial charge in [0.05, 0.1) is 12.7 Å². The maximum atomic E-state index is 13.8. The van der Waals surface area contributed by atoms with Crippen molar-refractivity contribution in [3.63, 3.8) is 0 Å². The Bertz CT molecular complexity index is 1370. The molecule has 12 heteroatoms. The van der Waals surface area contributed by atoms with Gasteiger partial charge in [-0.25, -0.2) is 13.6 Å². The molecule has 0 saturated carbocycles. The number of nitrogens with one attached hydrogen (secondary N) is 2. The summed E-state index contributed by atoms with van der Waals surface area (Å²) >= 11 is 0. The highest BCUT2D eigenvalue weighted by Gasteiger charge is 2.41. The van der Waals surface area contributed by atoms with Crippen molar-refractivity contribution < 1.29 is 47.2 Å². The van der Waals surface area contributed by atoms with Crippen LogP contribution in [0.15, 0.2) is 66.7 Å². The van der Waals surface area contributed by atoms with Crippen LogP contribution >= 0.6 is 0 Å². The second-order valence-corrected chi connectivity index (χ2v) is 9.06. The minimum Gasteiger partial charge on any atom is -0.496 e. The van der Waals surface area contributed by atoms with Crippen LogP contribution < -0.4 is 20.1 Å². The van der Waals surface area contributed by atoms with Gasteiger partial charge in [-0.15, -0.1) is 0 Å². The highest BCUT2D eigenvalue weighted by Crippen LogP contribution is 2.20. The van der Waals surface area contributed by atoms with Gasteiger partial charge in [0, 0.05) is 18.5 Å². The number of carboxylic acid groups (broad SMARTS) is 1. The van der Waals surface area contributed by atoms with E-state index in [-0.39, 0.29) is 31.9 Å². The molecule has 0 aromatic heterocycles. The molecule has 41 heavy (non-hydrogen) atoms. The van der Waals surface area contributed by atoms with E-state index in [1.807, 2.05) is 0 Å². The Hall–Kier alpha value is -4.55. The van der Waals surface area contributed by atoms with Crippen LogP contribution in [0, 0.1) is 11.6 Å². The minimum atomic E-state index is -1.36. The topological polar surface area (TPSA) is 132 Å². The van der Waals surface area contributed by atoms with E-state index in [2.05, 4.69) is 10.6 Å². The zero-order valence-corrected chi connectivity index (χ0v) is 22.0. The predicted octanol–water partition coefficient (Wildman–Crippen LogP) is 2.72. The van der Waals surface area contributed by atoms with Crippen molar-refractivity contribution in [2.75, 3.05) is 13.9 Å². The van der Waals surface area contributed by atoms with Crippen LogP contribution in [0.2, 0.25) is 0 Å². The molecule has 1 saturated heterocycles. The quantitative estimate of drug-likeness (QED) is 0.303. The largest absolute Gasteiger partial charge is 0.496 e. The number of methoxy groups -OCH3 is 1. The van der Waals surface area contributed by atoms with E-state index in [1.165, 1.54) is 25.3 Å². The number of rotatable bonds is 12. The van der Waals surface area contributed by atoms with Crippen molar-refractivity contribution in [3.8, 4) is 11.5 Å². The van der Waals surface area contributed by atoms with E-state index in [0.717, 1.165) is 12.1 Å². The van der Waals surface area contributed by atoms with Crippen LogP contribution in [0.25, 0.3) is 0 Å². The van der Waals surface area contributed by atoms with E-state index < -0.39 is 47.7 Å². The van der Waals surface area contributed by atoms with Crippen molar-refractivity contribution in [3.05, 3.63) is 95.1 Å². The molecule has 3 aromatic carbocycles. The van der Waals surface area contributed by atoms with Crippen LogP contribution in [-0.4, -0.2) is 55.0 Å². The first-order valence-electron chi connectivity index (χ1n) is 12.6. The Morgan fingerprint density at radius 3 is 2.27 bits per heavy atom. The number of amides is 2. The van der Waals surface area contributed by atoms with Crippen molar-refractivity contribution in [2.24, 2.45) is 0 Å². The average Bonchev–Trinajstić information content (AvgIpc) is 3.47. The van der Waals surface area contributed by atoms with E-state index >= 15 is 0 Å². The normalized spacial score (nSPS) is 17.0. The maximum absolute atomic E-state index is 13.8. The molecule has 1 aliphatic heterocycles. The number of carboxylic acids is 1. The Morgan fingerprint density at radius 1 is 0.951 bits per heavy atom. The molecule has 3 N–H and O–H groups in total. The molecular weight excluding hydrogens is 542 g/mol. The van der Waals surface area contributed by atoms with Gasteiger partial charge in [0.2, 0.25) is 0 Å². The summed E-state index contributed by atoms with van der Waals surface area (Å²) in [6, 6.07) is 15.4. The van der Waals surface area contributed by atoms with Gasteiger partial charge in [0.15, 0.2) is 12.2 Å². The summed E-state index contributed by atoms with van der Waals surface area (Å²) in [6.45, 7) is -0.534. The smallest absolute Gasteiger partial charge is 0.326 e. The average molecular weight is 571 g/mol. The molecule has 0 aliphatic carbocycles. The third-order valence-corrected chi connectivity index (χ3v) is 6.36. The van der Waals surface area contributed by atoms with Gasteiger partial charge in [-0.2, -0.15) is 0 Å². The molecule has 0 bridgehead atoms. The summed E-state index contributed by atoms with van der Waals surface area (Å²) in [4.78, 5) is 37.6. The molecule has 0 spiro atoms. The summed E-state index contributed by atoms with van der Waals surface area (Å²) in [5.41, 5.74) is 1.04. The first kappa shape index (κ1) is 29.4. The van der Waals surface area contributed by atoms with Gasteiger partial charge < -0.3 is 34.7 Å². The fraction of sp³-hybridized carbons (Fsp3) is 0.276. The van der Waals surface area contributed by atoms with Crippen LogP contribution in [0.4, 0.5) is 8.78 Å². The lowest BCUT2D eigenvalue weighted by Crippen LogP contribution is -2.52. The lowest BCUT2D eigenvalue weighted by molar-refractivity contribution is -0.144. The number of ether oxygens (including phenoxy) is 4. The van der Waals surface area contributed by atoms with Crippen molar-refractivity contribution in [1.82, 2.24) is 10.6 Å². The van der Waals surface area contributed by atoms with Gasteiger partial charge in [-0.1, -0.05) is 36.4 Å². The number of carbonyl (C=O) groups is 3. The van der Waals surface area contributed by atoms with E-state index in [1.54, 1.807) is 36.4 Å². The zero-order valence-electron chi connectivity index (χ0n) is 22.0. The second-order valence-electron chi connectivity index (χ2n) is 9.06. The number of halogens is 2. The third kappa shape index (κ3) is 7.56. The summed E-state index contributed by atoms with van der Waals surface area (Å²) in [7, 11) is 1.51. The summed E-state index contributed by atoms with van der Waals surface area (Å²) in [5, 5.41) is 14.8. The molecule has 1 fully saturated rings. The number of hydrogen-bond acceptors (Lipinski definition) is 7. The Morgan fingerprint density at radius 2 is 1.61 bits per heavy atom. The monoisotopic (exact) mass is 570 g/mol. The van der Waals surface area contributed by atoms with Gasteiger partial charge >= 0.3 is 5.97 Å². The van der Waals surface area contributed by atoms with E-state index in [9.17, 15) is 28.3 Å². The first-order chi connectivity index (χ1) is 19.8. The summed E-state index contributed by atoms with van der Waals surface area (Å²) < 4.78 is 48.9. The standard InChI is InChI=1S/C29H28F2N2O8/c1-38-24-8-3-2-5-18(24)14-32-27(34)25-26(41-16-40-25)28(35)33-23(29(36)37)13-17-9-11-19(12-10-17)39-15-20-21(30)6-4-7-22(20)31/h2-12,23,25-26H,13-16H2,1H3,(H,32,34)(H,33,35)(H,36,37)/t23-,25+,26+/m0/s1. The highest BCUT2D eigenvalue weighted by molar-refractivity contribution is 5.93. The van der Waals surface area contributed by atoms with Gasteiger partial charge in [0.1, 0.15) is 42.6 Å². The fourth-order valence-electron chi connectivity index (χ4n) is 4.16. The second kappa shape index (κ2) is 13.7. The minimum absolute atomic E-state index is 0.0957. The molecule has 216 valence electrons. The summed E-state index contributed by atoms with van der Waals surface area (Å²) in [5.74, 6) is -3.29. The Kier molecular flexibility index (Phi) is 9.82. The van der Waals surface area contributed by atoms with Crippen LogP contribution in [0.5, 0.6) is 11.5 Å². The SMILES string of the molecule is COc1ccccc1CNC(=O)[C@@H]1OCO[C@H]1C(=O)N[C@@H](Cc1ccc(OCc2c(F)cccc2F)cc1)C(=O)O. The van der Waals surface area contributed by atoms with E-state index in [0.29, 0.717) is 22.6 Å². The van der Waals surface area contributed by atoms with Crippen molar-refractivity contribution in [1.29, 1.82) is 0 Å². The molecule has 1 heterocycles. The van der Waals surface area contributed by atoms with Gasteiger partial charge in [-0.05, 0) is 35.9 Å². The molecular formula is C29H28F2N2O8. The van der Waals surface area contributed by atoms with Crippen LogP contribution in [0.1, 0.15) is 16.7 Å². The molecule has 2 amide bonds. The number of hydrogen-bond donors (Lipinski definition) is 3. The Balaban J connectivity index is 1.32. The molecule has 3 aromatic rings. The molecule has 10 nitrogen and oxygen atoms in total. The predicted molar refractivity (Wildman–Crippen MR) is 140 cm³/mol. The van der Waals surface area contributed by atoms with Gasteiger partial charge in [0.25, 0.3) is 11.8 Å². The van der Waals surface area contributed by atoms with Crippen LogP contribution in [0.3, 0.4) is 0 Å². The molecule has 1 aliphatic rings. The first-order valence-corrected chi connectivity index (χ1v) is 12.6. The molecule has 4 rings (SSSR count). The third-order valence-electron chi connectivity index (χ3n) is 6.36. The van der Waals surface area contributed by atoms with Crippen molar-refractivity contribution in [2.45, 2.75) is 37.8 Å². The van der Waals surface area contributed by atoms with Crippen molar-refractivity contribution >= 4 is 17.8 Å². The molecule has 3 atom stereocenters. The number of benzene rings is 3. The van der Waals surface area contributed by atoms with Crippen LogP contribution in [-0.2, 0) is 43.4 Å². The Labute approximate surface area is 234 Å². The maximum Gasteiger partial charge on any atom is 0.326 e. The number of para-hydroxylation sites is 1. The zero-order chi connectivity index (χ0) is 29.4. The highest BCUT2D eigenvalue weighted by atomic mass is 19.1. The van der Waals surface area contributed by atoms with Gasteiger partial charge in [-0.3, -0.25) is 9.59 Å². The number of carbonyl (C=O) groups excluding carboxylic acids is 2. The lowest BCUT2D eigenvalue weighted by Gasteiger charge is -2.20.